The molecular formula is C15H24N2O3S. The summed E-state index contributed by atoms with van der Waals surface area (Å²) in [7, 11) is -1.52. The second-order valence-electron chi connectivity index (χ2n) is 5.32. The van der Waals surface area contributed by atoms with Gasteiger partial charge in [-0.3, -0.25) is 0 Å². The van der Waals surface area contributed by atoms with Gasteiger partial charge >= 0.3 is 0 Å². The quantitative estimate of drug-likeness (QED) is 0.705. The van der Waals surface area contributed by atoms with Crippen LogP contribution in [0.2, 0.25) is 0 Å². The van der Waals surface area contributed by atoms with Crippen molar-refractivity contribution in [1.82, 2.24) is 9.62 Å². The summed E-state index contributed by atoms with van der Waals surface area (Å²) >= 11 is 0. The van der Waals surface area contributed by atoms with E-state index in [4.69, 9.17) is 4.74 Å². The second-order valence-corrected chi connectivity index (χ2v) is 7.26. The number of ether oxygens (including phenoxy) is 1. The topological polar surface area (TPSA) is 58.6 Å². The van der Waals surface area contributed by atoms with Crippen molar-refractivity contribution in [2.24, 2.45) is 5.92 Å². The van der Waals surface area contributed by atoms with Crippen molar-refractivity contribution in [3.05, 3.63) is 24.3 Å². The number of nitrogens with one attached hydrogen (secondary N) is 1. The van der Waals surface area contributed by atoms with Crippen molar-refractivity contribution in [2.75, 3.05) is 33.3 Å². The van der Waals surface area contributed by atoms with Gasteiger partial charge in [-0.25, -0.2) is 8.42 Å². The molecule has 0 amide bonds. The van der Waals surface area contributed by atoms with Gasteiger partial charge in [0.15, 0.2) is 0 Å². The van der Waals surface area contributed by atoms with E-state index in [0.29, 0.717) is 36.3 Å². The van der Waals surface area contributed by atoms with Gasteiger partial charge in [0.05, 0.1) is 4.90 Å². The predicted octanol–water partition coefficient (Wildman–Crippen LogP) is 1.71. The molecule has 0 aromatic heterocycles. The Labute approximate surface area is 127 Å². The average molecular weight is 312 g/mol. The number of sulfonamides is 1. The lowest BCUT2D eigenvalue weighted by atomic mass is 10.3. The highest BCUT2D eigenvalue weighted by Gasteiger charge is 2.30. The van der Waals surface area contributed by atoms with Crippen LogP contribution in [0.3, 0.4) is 0 Å². The van der Waals surface area contributed by atoms with Crippen LogP contribution in [0, 0.1) is 5.92 Å². The Bertz CT molecular complexity index is 539. The molecule has 6 heteroatoms. The highest BCUT2D eigenvalue weighted by Crippen LogP contribution is 2.31. The van der Waals surface area contributed by atoms with E-state index in [0.717, 1.165) is 19.4 Å². The molecule has 0 aliphatic heterocycles. The Morgan fingerprint density at radius 2 is 1.95 bits per heavy atom. The lowest BCUT2D eigenvalue weighted by Crippen LogP contribution is -2.32. The minimum Gasteiger partial charge on any atom is -0.492 e. The van der Waals surface area contributed by atoms with Crippen molar-refractivity contribution in [3.8, 4) is 5.75 Å². The van der Waals surface area contributed by atoms with E-state index < -0.39 is 10.0 Å². The third-order valence-corrected chi connectivity index (χ3v) is 5.55. The molecule has 1 fully saturated rings. The van der Waals surface area contributed by atoms with Crippen molar-refractivity contribution in [2.45, 2.75) is 24.7 Å². The number of likely N-dealkylation sites (N-methyl/N-ethyl adjacent to an activating group) is 1. The Morgan fingerprint density at radius 3 is 2.48 bits per heavy atom. The Kier molecular flexibility index (Phi) is 5.61. The fourth-order valence-electron chi connectivity index (χ4n) is 2.11. The van der Waals surface area contributed by atoms with Gasteiger partial charge in [-0.2, -0.15) is 4.31 Å². The van der Waals surface area contributed by atoms with Crippen molar-refractivity contribution < 1.29 is 13.2 Å². The van der Waals surface area contributed by atoms with E-state index in [9.17, 15) is 8.42 Å². The molecule has 21 heavy (non-hydrogen) atoms. The highest BCUT2D eigenvalue weighted by molar-refractivity contribution is 7.89. The number of hydrogen-bond donors (Lipinski definition) is 1. The molecular weight excluding hydrogens is 288 g/mol. The minimum absolute atomic E-state index is 0.339. The molecule has 1 aromatic carbocycles. The monoisotopic (exact) mass is 312 g/mol. The van der Waals surface area contributed by atoms with Crippen LogP contribution in [-0.4, -0.2) is 46.0 Å². The van der Waals surface area contributed by atoms with E-state index in [1.165, 1.54) is 0 Å². The third-order valence-electron chi connectivity index (χ3n) is 3.59. The molecule has 0 bridgehead atoms. The lowest BCUT2D eigenvalue weighted by Gasteiger charge is -2.20. The molecule has 1 saturated carbocycles. The molecule has 0 spiro atoms. The van der Waals surface area contributed by atoms with Crippen LogP contribution < -0.4 is 10.1 Å². The van der Waals surface area contributed by atoms with Gasteiger partial charge in [-0.05, 0) is 50.1 Å². The molecule has 1 aliphatic carbocycles. The SMILES string of the molecule is CCN(CC1CC1)S(=O)(=O)c1ccc(OCCNC)cc1. The molecule has 2 rings (SSSR count). The first-order chi connectivity index (χ1) is 10.1. The van der Waals surface area contributed by atoms with Crippen LogP contribution in [0.4, 0.5) is 0 Å². The van der Waals surface area contributed by atoms with Crippen LogP contribution in [-0.2, 0) is 10.0 Å². The molecule has 0 atom stereocenters. The summed E-state index contributed by atoms with van der Waals surface area (Å²) in [5.74, 6) is 1.23. The van der Waals surface area contributed by atoms with Crippen molar-refractivity contribution >= 4 is 10.0 Å². The summed E-state index contributed by atoms with van der Waals surface area (Å²) in [6.45, 7) is 4.35. The lowest BCUT2D eigenvalue weighted by molar-refractivity contribution is 0.318. The van der Waals surface area contributed by atoms with E-state index in [1.807, 2.05) is 14.0 Å². The van der Waals surface area contributed by atoms with Crippen LogP contribution in [0.15, 0.2) is 29.2 Å². The van der Waals surface area contributed by atoms with Gasteiger partial charge in [-0.1, -0.05) is 6.92 Å². The molecule has 0 heterocycles. The summed E-state index contributed by atoms with van der Waals surface area (Å²) in [5, 5.41) is 2.99. The Balaban J connectivity index is 2.04. The van der Waals surface area contributed by atoms with Gasteiger partial charge in [0.1, 0.15) is 12.4 Å². The maximum absolute atomic E-state index is 12.6. The first-order valence-electron chi connectivity index (χ1n) is 7.45. The minimum atomic E-state index is -3.38. The maximum Gasteiger partial charge on any atom is 0.243 e. The summed E-state index contributed by atoms with van der Waals surface area (Å²) in [6, 6.07) is 6.68. The van der Waals surface area contributed by atoms with Crippen LogP contribution in [0.5, 0.6) is 5.75 Å². The Hall–Kier alpha value is -1.11. The number of hydrogen-bond acceptors (Lipinski definition) is 4. The molecule has 0 radical (unpaired) electrons. The van der Waals surface area contributed by atoms with Crippen LogP contribution in [0.25, 0.3) is 0 Å². The summed E-state index contributed by atoms with van der Waals surface area (Å²) in [5.41, 5.74) is 0. The van der Waals surface area contributed by atoms with Gasteiger partial charge in [-0.15, -0.1) is 0 Å². The fraction of sp³-hybridized carbons (Fsp3) is 0.600. The summed E-state index contributed by atoms with van der Waals surface area (Å²) in [6.07, 6.45) is 2.29. The number of nitrogens with zero attached hydrogens (tertiary/aromatic N) is 1. The molecule has 1 N–H and O–H groups in total. The summed E-state index contributed by atoms with van der Waals surface area (Å²) in [4.78, 5) is 0.339. The van der Waals surface area contributed by atoms with Crippen molar-refractivity contribution in [3.63, 3.8) is 0 Å². The van der Waals surface area contributed by atoms with Gasteiger partial charge in [0.25, 0.3) is 0 Å². The van der Waals surface area contributed by atoms with Crippen LogP contribution >= 0.6 is 0 Å². The standard InChI is InChI=1S/C15H24N2O3S/c1-3-17(12-13-4-5-13)21(18,19)15-8-6-14(7-9-15)20-11-10-16-2/h6-9,13,16H,3-5,10-12H2,1-2H3. The second kappa shape index (κ2) is 7.24. The molecule has 118 valence electrons. The zero-order valence-corrected chi connectivity index (χ0v) is 13.5. The van der Waals surface area contributed by atoms with E-state index >= 15 is 0 Å². The van der Waals surface area contributed by atoms with E-state index in [-0.39, 0.29) is 0 Å². The summed E-state index contributed by atoms with van der Waals surface area (Å²) < 4.78 is 32.2. The average Bonchev–Trinajstić information content (AvgIpc) is 3.29. The molecule has 5 nitrogen and oxygen atoms in total. The molecule has 1 aliphatic rings. The van der Waals surface area contributed by atoms with Crippen molar-refractivity contribution in [1.29, 1.82) is 0 Å². The molecule has 0 unspecified atom stereocenters. The molecule has 0 saturated heterocycles. The predicted molar refractivity (Wildman–Crippen MR) is 83.0 cm³/mol. The highest BCUT2D eigenvalue weighted by atomic mass is 32.2. The van der Waals surface area contributed by atoms with Crippen LogP contribution in [0.1, 0.15) is 19.8 Å². The number of rotatable bonds is 9. The zero-order valence-electron chi connectivity index (χ0n) is 12.7. The van der Waals surface area contributed by atoms with Gasteiger partial charge in [0.2, 0.25) is 10.0 Å². The largest absolute Gasteiger partial charge is 0.492 e. The third kappa shape index (κ3) is 4.43. The zero-order chi connectivity index (χ0) is 15.3. The number of benzene rings is 1. The molecule has 1 aromatic rings. The first-order valence-corrected chi connectivity index (χ1v) is 8.89. The maximum atomic E-state index is 12.6. The smallest absolute Gasteiger partial charge is 0.243 e. The first kappa shape index (κ1) is 16.3. The normalized spacial score (nSPS) is 15.4. The fourth-order valence-corrected chi connectivity index (χ4v) is 3.64. The van der Waals surface area contributed by atoms with E-state index in [2.05, 4.69) is 5.32 Å². The Morgan fingerprint density at radius 1 is 1.29 bits per heavy atom. The van der Waals surface area contributed by atoms with E-state index in [1.54, 1.807) is 28.6 Å². The van der Waals surface area contributed by atoms with Gasteiger partial charge < -0.3 is 10.1 Å². The van der Waals surface area contributed by atoms with Gasteiger partial charge in [0, 0.05) is 19.6 Å².